The molecule has 2 saturated heterocycles. The van der Waals surface area contributed by atoms with Gasteiger partial charge in [-0.3, -0.25) is 9.69 Å². The number of piperidine rings is 2. The van der Waals surface area contributed by atoms with Crippen LogP contribution in [0, 0.1) is 5.41 Å². The molecular formula is C15H25NO. The van der Waals surface area contributed by atoms with E-state index in [0.717, 1.165) is 18.9 Å². The Morgan fingerprint density at radius 1 is 1.06 bits per heavy atom. The quantitative estimate of drug-likeness (QED) is 0.696. The van der Waals surface area contributed by atoms with Crippen molar-refractivity contribution in [3.63, 3.8) is 0 Å². The second-order valence-electron chi connectivity index (χ2n) is 7.03. The molecule has 3 unspecified atom stereocenters. The summed E-state index contributed by atoms with van der Waals surface area (Å²) >= 11 is 0. The number of fused-ring (bicyclic) bond motifs is 2. The van der Waals surface area contributed by atoms with Crippen LogP contribution in [0.5, 0.6) is 0 Å². The Labute approximate surface area is 105 Å². The minimum Gasteiger partial charge on any atom is -0.300 e. The highest BCUT2D eigenvalue weighted by molar-refractivity contribution is 5.80. The molecule has 3 fully saturated rings. The van der Waals surface area contributed by atoms with Gasteiger partial charge >= 0.3 is 0 Å². The number of Topliss-reactive ketones (excluding diaryl/α,β-unsaturated/α-hetero) is 1. The summed E-state index contributed by atoms with van der Waals surface area (Å²) in [6, 6.07) is 1.90. The molecular weight excluding hydrogens is 210 g/mol. The third kappa shape index (κ3) is 1.95. The largest absolute Gasteiger partial charge is 0.300 e. The minimum atomic E-state index is 0.466. The number of carbonyl (C=O) groups is 1. The first-order chi connectivity index (χ1) is 8.08. The molecule has 3 atom stereocenters. The molecule has 2 nitrogen and oxygen atoms in total. The highest BCUT2D eigenvalue weighted by Crippen LogP contribution is 2.46. The Hall–Kier alpha value is -0.370. The van der Waals surface area contributed by atoms with Crippen molar-refractivity contribution < 1.29 is 4.79 Å². The van der Waals surface area contributed by atoms with E-state index in [1.165, 1.54) is 38.5 Å². The van der Waals surface area contributed by atoms with E-state index in [2.05, 4.69) is 18.7 Å². The highest BCUT2D eigenvalue weighted by atomic mass is 16.1. The van der Waals surface area contributed by atoms with Crippen LogP contribution < -0.4 is 0 Å². The van der Waals surface area contributed by atoms with E-state index in [-0.39, 0.29) is 0 Å². The molecule has 2 aliphatic heterocycles. The molecule has 17 heavy (non-hydrogen) atoms. The van der Waals surface area contributed by atoms with E-state index in [1.807, 2.05) is 0 Å². The van der Waals surface area contributed by atoms with Gasteiger partial charge in [-0.25, -0.2) is 0 Å². The fraction of sp³-hybridized carbons (Fsp3) is 0.933. The number of hydrogen-bond acceptors (Lipinski definition) is 2. The van der Waals surface area contributed by atoms with Crippen molar-refractivity contribution in [2.75, 3.05) is 0 Å². The van der Waals surface area contributed by atoms with Gasteiger partial charge in [0.15, 0.2) is 0 Å². The number of ketones is 1. The van der Waals surface area contributed by atoms with Gasteiger partial charge in [0.1, 0.15) is 5.78 Å². The summed E-state index contributed by atoms with van der Waals surface area (Å²) in [5.74, 6) is 0.520. The summed E-state index contributed by atoms with van der Waals surface area (Å²) in [5.41, 5.74) is 0.466. The summed E-state index contributed by atoms with van der Waals surface area (Å²) in [5, 5.41) is 0. The van der Waals surface area contributed by atoms with Crippen LogP contribution in [0.4, 0.5) is 0 Å². The zero-order valence-electron chi connectivity index (χ0n) is 11.2. The Morgan fingerprint density at radius 3 is 2.24 bits per heavy atom. The van der Waals surface area contributed by atoms with Crippen LogP contribution in [0.2, 0.25) is 0 Å². The van der Waals surface area contributed by atoms with Gasteiger partial charge in [-0.05, 0) is 31.1 Å². The standard InChI is InChI=1S/C15H25NO/c1-15(2)8-4-7-14(15)16-11-5-3-6-12(16)10-13(17)9-11/h11-12,14H,3-10H2,1-2H3. The first-order valence-electron chi connectivity index (χ1n) is 7.37. The lowest BCUT2D eigenvalue weighted by molar-refractivity contribution is -0.130. The fourth-order valence-electron chi connectivity index (χ4n) is 4.58. The zero-order valence-corrected chi connectivity index (χ0v) is 11.2. The van der Waals surface area contributed by atoms with Gasteiger partial charge < -0.3 is 0 Å². The Bertz CT molecular complexity index is 307. The molecule has 0 aromatic rings. The van der Waals surface area contributed by atoms with E-state index in [0.29, 0.717) is 23.3 Å². The Morgan fingerprint density at radius 2 is 1.71 bits per heavy atom. The average Bonchev–Trinajstić information content (AvgIpc) is 2.56. The molecule has 0 aromatic carbocycles. The Kier molecular flexibility index (Phi) is 2.81. The lowest BCUT2D eigenvalue weighted by atomic mass is 9.78. The van der Waals surface area contributed by atoms with Crippen molar-refractivity contribution in [3.8, 4) is 0 Å². The van der Waals surface area contributed by atoms with E-state index in [4.69, 9.17) is 0 Å². The van der Waals surface area contributed by atoms with Crippen molar-refractivity contribution in [1.82, 2.24) is 4.90 Å². The molecule has 2 heteroatoms. The summed E-state index contributed by atoms with van der Waals surface area (Å²) < 4.78 is 0. The smallest absolute Gasteiger partial charge is 0.136 e. The zero-order chi connectivity index (χ0) is 12.0. The van der Waals surface area contributed by atoms with Crippen molar-refractivity contribution >= 4 is 5.78 Å². The van der Waals surface area contributed by atoms with Crippen molar-refractivity contribution in [3.05, 3.63) is 0 Å². The molecule has 2 heterocycles. The van der Waals surface area contributed by atoms with Gasteiger partial charge in [0.05, 0.1) is 0 Å². The summed E-state index contributed by atoms with van der Waals surface area (Å²) in [6.07, 6.45) is 9.62. The predicted octanol–water partition coefficient (Wildman–Crippen LogP) is 3.15. The fourth-order valence-corrected chi connectivity index (χ4v) is 4.58. The van der Waals surface area contributed by atoms with Crippen LogP contribution >= 0.6 is 0 Å². The first kappa shape index (κ1) is 11.7. The van der Waals surface area contributed by atoms with Gasteiger partial charge in [0.25, 0.3) is 0 Å². The van der Waals surface area contributed by atoms with Gasteiger partial charge in [-0.1, -0.05) is 26.7 Å². The lowest BCUT2D eigenvalue weighted by Gasteiger charge is -2.52. The number of carbonyl (C=O) groups excluding carboxylic acids is 1. The second-order valence-corrected chi connectivity index (χ2v) is 7.03. The molecule has 2 bridgehead atoms. The second kappa shape index (κ2) is 4.08. The predicted molar refractivity (Wildman–Crippen MR) is 68.9 cm³/mol. The number of rotatable bonds is 1. The van der Waals surface area contributed by atoms with E-state index in [9.17, 15) is 4.79 Å². The van der Waals surface area contributed by atoms with Crippen LogP contribution in [0.3, 0.4) is 0 Å². The molecule has 0 spiro atoms. The maximum Gasteiger partial charge on any atom is 0.136 e. The summed E-state index contributed by atoms with van der Waals surface area (Å²) in [4.78, 5) is 14.5. The van der Waals surface area contributed by atoms with E-state index in [1.54, 1.807) is 0 Å². The molecule has 96 valence electrons. The first-order valence-corrected chi connectivity index (χ1v) is 7.37. The van der Waals surface area contributed by atoms with Crippen LogP contribution in [-0.4, -0.2) is 28.8 Å². The van der Waals surface area contributed by atoms with Crippen LogP contribution in [0.25, 0.3) is 0 Å². The molecule has 0 N–H and O–H groups in total. The SMILES string of the molecule is CC1(C)CCCC1N1C2CCCC1CC(=O)C2. The molecule has 1 saturated carbocycles. The van der Waals surface area contributed by atoms with Crippen molar-refractivity contribution in [2.24, 2.45) is 5.41 Å². The van der Waals surface area contributed by atoms with E-state index < -0.39 is 0 Å². The van der Waals surface area contributed by atoms with Gasteiger partial charge in [0, 0.05) is 31.0 Å². The lowest BCUT2D eigenvalue weighted by Crippen LogP contribution is -2.58. The maximum atomic E-state index is 11.8. The molecule has 0 aromatic heterocycles. The normalized spacial score (nSPS) is 41.8. The number of nitrogens with zero attached hydrogens (tertiary/aromatic N) is 1. The molecule has 0 amide bonds. The average molecular weight is 235 g/mol. The van der Waals surface area contributed by atoms with Crippen LogP contribution in [0.1, 0.15) is 65.2 Å². The third-order valence-corrected chi connectivity index (χ3v) is 5.41. The van der Waals surface area contributed by atoms with Gasteiger partial charge in [-0.15, -0.1) is 0 Å². The van der Waals surface area contributed by atoms with Gasteiger partial charge in [0.2, 0.25) is 0 Å². The molecule has 3 rings (SSSR count). The minimum absolute atomic E-state index is 0.466. The van der Waals surface area contributed by atoms with Gasteiger partial charge in [-0.2, -0.15) is 0 Å². The van der Waals surface area contributed by atoms with E-state index >= 15 is 0 Å². The third-order valence-electron chi connectivity index (χ3n) is 5.41. The molecule has 1 aliphatic carbocycles. The molecule has 3 aliphatic rings. The topological polar surface area (TPSA) is 20.3 Å². The maximum absolute atomic E-state index is 11.8. The summed E-state index contributed by atoms with van der Waals surface area (Å²) in [6.45, 7) is 4.85. The summed E-state index contributed by atoms with van der Waals surface area (Å²) in [7, 11) is 0. The van der Waals surface area contributed by atoms with Crippen molar-refractivity contribution in [1.29, 1.82) is 0 Å². The molecule has 0 radical (unpaired) electrons. The Balaban J connectivity index is 1.84. The van der Waals surface area contributed by atoms with Crippen molar-refractivity contribution in [2.45, 2.75) is 83.3 Å². The highest BCUT2D eigenvalue weighted by Gasteiger charge is 2.47. The van der Waals surface area contributed by atoms with Crippen LogP contribution in [-0.2, 0) is 4.79 Å². The number of hydrogen-bond donors (Lipinski definition) is 0. The monoisotopic (exact) mass is 235 g/mol. The van der Waals surface area contributed by atoms with Crippen LogP contribution in [0.15, 0.2) is 0 Å².